The summed E-state index contributed by atoms with van der Waals surface area (Å²) >= 11 is 5.82. The Kier molecular flexibility index (Phi) is 3.61. The van der Waals surface area contributed by atoms with E-state index in [2.05, 4.69) is 15.3 Å². The summed E-state index contributed by atoms with van der Waals surface area (Å²) in [4.78, 5) is 6.92. The van der Waals surface area contributed by atoms with E-state index in [-0.39, 0.29) is 11.5 Å². The fourth-order valence-corrected chi connectivity index (χ4v) is 1.69. The van der Waals surface area contributed by atoms with Gasteiger partial charge in [0.1, 0.15) is 5.82 Å². The minimum absolute atomic E-state index is 0.0947. The lowest BCUT2D eigenvalue weighted by Crippen LogP contribution is -2.13. The van der Waals surface area contributed by atoms with Crippen molar-refractivity contribution in [2.45, 2.75) is 6.18 Å². The number of alkyl halides is 3. The zero-order chi connectivity index (χ0) is 14.0. The third-order valence-corrected chi connectivity index (χ3v) is 2.59. The Labute approximate surface area is 112 Å². The Balaban J connectivity index is 2.57. The smallest absolute Gasteiger partial charge is 0.373 e. The molecule has 0 amide bonds. The van der Waals surface area contributed by atoms with Crippen molar-refractivity contribution in [3.05, 3.63) is 41.2 Å². The molecule has 0 saturated heterocycles. The first-order valence-corrected chi connectivity index (χ1v) is 5.68. The van der Waals surface area contributed by atoms with Crippen molar-refractivity contribution in [2.75, 3.05) is 12.4 Å². The predicted molar refractivity (Wildman–Crippen MR) is 67.0 cm³/mol. The summed E-state index contributed by atoms with van der Waals surface area (Å²) in [6.07, 6.45) is -4.60. The van der Waals surface area contributed by atoms with Crippen molar-refractivity contribution >= 4 is 17.4 Å². The fraction of sp³-hybridized carbons (Fsp3) is 0.167. The van der Waals surface area contributed by atoms with Gasteiger partial charge in [0.25, 0.3) is 0 Å². The molecule has 19 heavy (non-hydrogen) atoms. The van der Waals surface area contributed by atoms with Crippen molar-refractivity contribution in [3.8, 4) is 11.3 Å². The van der Waals surface area contributed by atoms with E-state index >= 15 is 0 Å². The molecule has 100 valence electrons. The van der Waals surface area contributed by atoms with Gasteiger partial charge in [0.2, 0.25) is 5.82 Å². The second-order valence-corrected chi connectivity index (χ2v) is 4.16. The topological polar surface area (TPSA) is 37.8 Å². The first-order chi connectivity index (χ1) is 8.90. The molecule has 2 aromatic rings. The average Bonchev–Trinajstić information content (AvgIpc) is 2.37. The van der Waals surface area contributed by atoms with Gasteiger partial charge in [-0.2, -0.15) is 13.2 Å². The van der Waals surface area contributed by atoms with Crippen LogP contribution in [0.2, 0.25) is 5.02 Å². The van der Waals surface area contributed by atoms with E-state index < -0.39 is 12.0 Å². The van der Waals surface area contributed by atoms with Gasteiger partial charge in [-0.25, -0.2) is 9.97 Å². The van der Waals surface area contributed by atoms with Crippen molar-refractivity contribution in [2.24, 2.45) is 0 Å². The van der Waals surface area contributed by atoms with Crippen molar-refractivity contribution in [1.82, 2.24) is 9.97 Å². The van der Waals surface area contributed by atoms with Crippen LogP contribution in [0.5, 0.6) is 0 Å². The number of halogens is 4. The van der Waals surface area contributed by atoms with E-state index in [1.807, 2.05) is 0 Å². The van der Waals surface area contributed by atoms with Crippen LogP contribution in [0.1, 0.15) is 5.82 Å². The van der Waals surface area contributed by atoms with Gasteiger partial charge in [0, 0.05) is 23.7 Å². The van der Waals surface area contributed by atoms with Crippen LogP contribution >= 0.6 is 11.6 Å². The highest BCUT2D eigenvalue weighted by Crippen LogP contribution is 2.30. The number of aromatic nitrogens is 2. The molecule has 0 radical (unpaired) electrons. The van der Waals surface area contributed by atoms with Crippen molar-refractivity contribution in [1.29, 1.82) is 0 Å². The molecular weight excluding hydrogens is 279 g/mol. The van der Waals surface area contributed by atoms with Gasteiger partial charge in [-0.15, -0.1) is 0 Å². The molecule has 0 atom stereocenters. The van der Waals surface area contributed by atoms with Crippen LogP contribution in [0.4, 0.5) is 19.0 Å². The minimum Gasteiger partial charge on any atom is -0.373 e. The minimum atomic E-state index is -4.60. The summed E-state index contributed by atoms with van der Waals surface area (Å²) in [7, 11) is 1.49. The number of hydrogen-bond donors (Lipinski definition) is 1. The van der Waals surface area contributed by atoms with Gasteiger partial charge in [-0.3, -0.25) is 0 Å². The van der Waals surface area contributed by atoms with Crippen LogP contribution in [0.25, 0.3) is 11.3 Å². The fourth-order valence-electron chi connectivity index (χ4n) is 1.50. The maximum absolute atomic E-state index is 12.7. The van der Waals surface area contributed by atoms with Crippen LogP contribution in [-0.4, -0.2) is 17.0 Å². The summed E-state index contributed by atoms with van der Waals surface area (Å²) in [5.74, 6) is -1.09. The molecule has 1 aromatic heterocycles. The van der Waals surface area contributed by atoms with Crippen LogP contribution in [-0.2, 0) is 6.18 Å². The van der Waals surface area contributed by atoms with Gasteiger partial charge in [0.05, 0.1) is 5.69 Å². The van der Waals surface area contributed by atoms with Crippen LogP contribution in [0.3, 0.4) is 0 Å². The Hall–Kier alpha value is -1.82. The highest BCUT2D eigenvalue weighted by atomic mass is 35.5. The first kappa shape index (κ1) is 13.6. The molecule has 0 spiro atoms. The maximum Gasteiger partial charge on any atom is 0.451 e. The molecule has 0 fully saturated rings. The molecule has 1 aromatic carbocycles. The van der Waals surface area contributed by atoms with Gasteiger partial charge in [0.15, 0.2) is 0 Å². The Morgan fingerprint density at radius 1 is 1.16 bits per heavy atom. The largest absolute Gasteiger partial charge is 0.451 e. The average molecular weight is 288 g/mol. The molecule has 2 rings (SSSR count). The monoisotopic (exact) mass is 287 g/mol. The molecule has 3 nitrogen and oxygen atoms in total. The quantitative estimate of drug-likeness (QED) is 0.911. The van der Waals surface area contributed by atoms with E-state index in [1.54, 1.807) is 24.3 Å². The molecule has 1 N–H and O–H groups in total. The molecule has 0 aliphatic carbocycles. The van der Waals surface area contributed by atoms with E-state index in [0.717, 1.165) is 0 Å². The number of nitrogens with zero attached hydrogens (tertiary/aromatic N) is 2. The van der Waals surface area contributed by atoms with Crippen molar-refractivity contribution < 1.29 is 13.2 Å². The lowest BCUT2D eigenvalue weighted by Gasteiger charge is -2.10. The van der Waals surface area contributed by atoms with E-state index in [0.29, 0.717) is 10.6 Å². The SMILES string of the molecule is CNc1cc(-c2cccc(Cl)c2)nc(C(F)(F)F)n1. The second-order valence-electron chi connectivity index (χ2n) is 3.72. The van der Waals surface area contributed by atoms with Gasteiger partial charge in [-0.05, 0) is 12.1 Å². The predicted octanol–water partition coefficient (Wildman–Crippen LogP) is 3.86. The molecule has 7 heteroatoms. The molecule has 0 aliphatic heterocycles. The molecular formula is C12H9ClF3N3. The summed E-state index contributed by atoms with van der Waals surface area (Å²) in [5.41, 5.74) is 0.658. The number of benzene rings is 1. The zero-order valence-electron chi connectivity index (χ0n) is 9.79. The van der Waals surface area contributed by atoms with Crippen LogP contribution < -0.4 is 5.32 Å². The second kappa shape index (κ2) is 5.05. The third kappa shape index (κ3) is 3.14. The van der Waals surface area contributed by atoms with Crippen LogP contribution in [0.15, 0.2) is 30.3 Å². The zero-order valence-corrected chi connectivity index (χ0v) is 10.5. The van der Waals surface area contributed by atoms with Gasteiger partial charge < -0.3 is 5.32 Å². The lowest BCUT2D eigenvalue weighted by molar-refractivity contribution is -0.144. The molecule has 0 saturated carbocycles. The van der Waals surface area contributed by atoms with E-state index in [4.69, 9.17) is 11.6 Å². The number of rotatable bonds is 2. The maximum atomic E-state index is 12.7. The van der Waals surface area contributed by atoms with Crippen LogP contribution in [0, 0.1) is 0 Å². The number of anilines is 1. The molecule has 0 aliphatic rings. The Morgan fingerprint density at radius 3 is 2.47 bits per heavy atom. The van der Waals surface area contributed by atoms with Gasteiger partial charge in [-0.1, -0.05) is 23.7 Å². The number of hydrogen-bond acceptors (Lipinski definition) is 3. The summed E-state index contributed by atoms with van der Waals surface area (Å²) in [5, 5.41) is 3.01. The lowest BCUT2D eigenvalue weighted by atomic mass is 10.1. The Bertz CT molecular complexity index is 599. The Morgan fingerprint density at radius 2 is 1.89 bits per heavy atom. The highest BCUT2D eigenvalue weighted by molar-refractivity contribution is 6.30. The van der Waals surface area contributed by atoms with Gasteiger partial charge >= 0.3 is 6.18 Å². The summed E-state index contributed by atoms with van der Waals surface area (Å²) in [6.45, 7) is 0. The van der Waals surface area contributed by atoms with E-state index in [1.165, 1.54) is 13.1 Å². The summed E-state index contributed by atoms with van der Waals surface area (Å²) < 4.78 is 38.1. The summed E-state index contributed by atoms with van der Waals surface area (Å²) in [6, 6.07) is 7.89. The van der Waals surface area contributed by atoms with E-state index in [9.17, 15) is 13.2 Å². The number of nitrogens with one attached hydrogen (secondary N) is 1. The normalized spacial score (nSPS) is 11.4. The highest BCUT2D eigenvalue weighted by Gasteiger charge is 2.35. The molecule has 1 heterocycles. The third-order valence-electron chi connectivity index (χ3n) is 2.36. The first-order valence-electron chi connectivity index (χ1n) is 5.30. The molecule has 0 bridgehead atoms. The standard InChI is InChI=1S/C12H9ClF3N3/c1-17-10-6-9(7-3-2-4-8(13)5-7)18-11(19-10)12(14,15)16/h2-6H,1H3,(H,17,18,19). The molecule has 0 unspecified atom stereocenters. The van der Waals surface area contributed by atoms with Crippen molar-refractivity contribution in [3.63, 3.8) is 0 Å².